The average molecular weight is 419 g/mol. The molecule has 1 saturated heterocycles. The molecule has 0 saturated carbocycles. The summed E-state index contributed by atoms with van der Waals surface area (Å²) in [6.07, 6.45) is 0.0277. The number of hydrogen-bond acceptors (Lipinski definition) is 5. The van der Waals surface area contributed by atoms with E-state index in [1.165, 1.54) is 0 Å². The molecule has 0 aliphatic carbocycles. The molecule has 29 heavy (non-hydrogen) atoms. The van der Waals surface area contributed by atoms with Gasteiger partial charge in [0.05, 0.1) is 24.2 Å². The Hall–Kier alpha value is -1.93. The van der Waals surface area contributed by atoms with Gasteiger partial charge in [0.1, 0.15) is 5.75 Å². The number of sulfonamides is 1. The zero-order valence-corrected chi connectivity index (χ0v) is 17.9. The van der Waals surface area contributed by atoms with Gasteiger partial charge in [-0.3, -0.25) is 4.90 Å². The minimum absolute atomic E-state index is 0.0277. The highest BCUT2D eigenvalue weighted by Crippen LogP contribution is 2.21. The summed E-state index contributed by atoms with van der Waals surface area (Å²) < 4.78 is 39.3. The molecule has 1 heterocycles. The van der Waals surface area contributed by atoms with Crippen molar-refractivity contribution >= 4 is 10.0 Å². The lowest BCUT2D eigenvalue weighted by Crippen LogP contribution is -2.42. The molecule has 2 aromatic rings. The fraction of sp³-hybridized carbons (Fsp3) is 0.455. The molecule has 3 rings (SSSR count). The first-order chi connectivity index (χ1) is 13.9. The van der Waals surface area contributed by atoms with Crippen molar-refractivity contribution < 1.29 is 17.9 Å². The lowest BCUT2D eigenvalue weighted by atomic mass is 10.1. The van der Waals surface area contributed by atoms with Crippen LogP contribution in [0.1, 0.15) is 25.5 Å². The molecule has 0 spiro atoms. The van der Waals surface area contributed by atoms with Crippen LogP contribution in [0.15, 0.2) is 59.5 Å². The van der Waals surface area contributed by atoms with Crippen LogP contribution < -0.4 is 9.46 Å². The molecule has 2 aromatic carbocycles. The van der Waals surface area contributed by atoms with E-state index >= 15 is 0 Å². The van der Waals surface area contributed by atoms with Crippen molar-refractivity contribution in [1.82, 2.24) is 9.62 Å². The molecule has 1 N–H and O–H groups in total. The maximum atomic E-state index is 12.5. The summed E-state index contributed by atoms with van der Waals surface area (Å²) in [6, 6.07) is 16.7. The molecule has 1 aliphatic heterocycles. The lowest BCUT2D eigenvalue weighted by Gasteiger charge is -2.33. The normalized spacial score (nSPS) is 18.1. The molecule has 7 heteroatoms. The first-order valence-electron chi connectivity index (χ1n) is 10.1. The second kappa shape index (κ2) is 10.2. The summed E-state index contributed by atoms with van der Waals surface area (Å²) in [5.41, 5.74) is 1.15. The molecule has 1 aliphatic rings. The molecule has 6 nitrogen and oxygen atoms in total. The number of morpholine rings is 1. The summed E-state index contributed by atoms with van der Waals surface area (Å²) in [5.74, 6) is 1.10. The third-order valence-corrected chi connectivity index (χ3v) is 6.24. The number of nitrogens with one attached hydrogen (secondary N) is 1. The SMILES string of the molecule is CC(C)COc1ccc(S(=O)(=O)NCCN2CCOC(c3ccccc3)C2)cc1. The van der Waals surface area contributed by atoms with Gasteiger partial charge < -0.3 is 9.47 Å². The van der Waals surface area contributed by atoms with Gasteiger partial charge >= 0.3 is 0 Å². The Kier molecular flexibility index (Phi) is 7.66. The van der Waals surface area contributed by atoms with Crippen LogP contribution in [0.5, 0.6) is 5.75 Å². The Bertz CT molecular complexity index is 854. The highest BCUT2D eigenvalue weighted by Gasteiger charge is 2.22. The molecule has 1 atom stereocenters. The predicted molar refractivity (Wildman–Crippen MR) is 114 cm³/mol. The number of benzene rings is 2. The van der Waals surface area contributed by atoms with Crippen molar-refractivity contribution in [3.63, 3.8) is 0 Å². The Labute approximate surface area is 173 Å². The van der Waals surface area contributed by atoms with Gasteiger partial charge in [-0.1, -0.05) is 44.2 Å². The molecule has 158 valence electrons. The Morgan fingerprint density at radius 1 is 1.14 bits per heavy atom. The molecular weight excluding hydrogens is 388 g/mol. The number of hydrogen-bond donors (Lipinski definition) is 1. The number of ether oxygens (including phenoxy) is 2. The summed E-state index contributed by atoms with van der Waals surface area (Å²) in [6.45, 7) is 7.94. The summed E-state index contributed by atoms with van der Waals surface area (Å²) in [5, 5.41) is 0. The minimum atomic E-state index is -3.54. The molecule has 0 radical (unpaired) electrons. The zero-order valence-electron chi connectivity index (χ0n) is 17.1. The monoisotopic (exact) mass is 418 g/mol. The van der Waals surface area contributed by atoms with Crippen LogP contribution in [0.4, 0.5) is 0 Å². The van der Waals surface area contributed by atoms with Crippen LogP contribution in [-0.4, -0.2) is 52.7 Å². The number of nitrogens with zero attached hydrogens (tertiary/aromatic N) is 1. The van der Waals surface area contributed by atoms with E-state index in [9.17, 15) is 8.42 Å². The lowest BCUT2D eigenvalue weighted by molar-refractivity contribution is -0.0291. The van der Waals surface area contributed by atoms with Gasteiger partial charge in [0.15, 0.2) is 0 Å². The predicted octanol–water partition coefficient (Wildman–Crippen LogP) is 3.07. The zero-order chi connectivity index (χ0) is 20.7. The van der Waals surface area contributed by atoms with Crippen LogP contribution in [0.25, 0.3) is 0 Å². The van der Waals surface area contributed by atoms with Crippen LogP contribution in [-0.2, 0) is 14.8 Å². The van der Waals surface area contributed by atoms with E-state index in [0.29, 0.717) is 38.0 Å². The summed E-state index contributed by atoms with van der Waals surface area (Å²) in [7, 11) is -3.54. The maximum Gasteiger partial charge on any atom is 0.240 e. The molecular formula is C22H30N2O4S. The fourth-order valence-corrected chi connectivity index (χ4v) is 4.20. The van der Waals surface area contributed by atoms with E-state index in [1.54, 1.807) is 24.3 Å². The second-order valence-electron chi connectivity index (χ2n) is 7.64. The molecule has 0 amide bonds. The van der Waals surface area contributed by atoms with Gasteiger partial charge in [-0.25, -0.2) is 13.1 Å². The van der Waals surface area contributed by atoms with E-state index in [1.807, 2.05) is 18.2 Å². The van der Waals surface area contributed by atoms with E-state index in [0.717, 1.165) is 18.7 Å². The first kappa shape index (κ1) is 21.8. The Morgan fingerprint density at radius 3 is 2.55 bits per heavy atom. The van der Waals surface area contributed by atoms with Gasteiger partial charge in [0, 0.05) is 26.2 Å². The maximum absolute atomic E-state index is 12.5. The van der Waals surface area contributed by atoms with Crippen molar-refractivity contribution in [1.29, 1.82) is 0 Å². The fourth-order valence-electron chi connectivity index (χ4n) is 3.17. The van der Waals surface area contributed by atoms with Crippen LogP contribution >= 0.6 is 0 Å². The summed E-state index contributed by atoms with van der Waals surface area (Å²) in [4.78, 5) is 2.48. The van der Waals surface area contributed by atoms with Crippen molar-refractivity contribution in [3.8, 4) is 5.75 Å². The van der Waals surface area contributed by atoms with Gasteiger partial charge in [-0.15, -0.1) is 0 Å². The van der Waals surface area contributed by atoms with Gasteiger partial charge in [-0.05, 0) is 35.7 Å². The van der Waals surface area contributed by atoms with Gasteiger partial charge in [0.2, 0.25) is 10.0 Å². The highest BCUT2D eigenvalue weighted by molar-refractivity contribution is 7.89. The van der Waals surface area contributed by atoms with Crippen LogP contribution in [0.2, 0.25) is 0 Å². The molecule has 0 bridgehead atoms. The van der Waals surface area contributed by atoms with E-state index in [2.05, 4.69) is 35.6 Å². The minimum Gasteiger partial charge on any atom is -0.493 e. The first-order valence-corrected chi connectivity index (χ1v) is 11.5. The van der Waals surface area contributed by atoms with Crippen molar-refractivity contribution in [2.45, 2.75) is 24.8 Å². The largest absolute Gasteiger partial charge is 0.493 e. The van der Waals surface area contributed by atoms with Crippen molar-refractivity contribution in [2.24, 2.45) is 5.92 Å². The quantitative estimate of drug-likeness (QED) is 0.678. The van der Waals surface area contributed by atoms with E-state index in [-0.39, 0.29) is 11.0 Å². The second-order valence-corrected chi connectivity index (χ2v) is 9.41. The highest BCUT2D eigenvalue weighted by atomic mass is 32.2. The van der Waals surface area contributed by atoms with Crippen molar-refractivity contribution in [2.75, 3.05) is 39.4 Å². The summed E-state index contributed by atoms with van der Waals surface area (Å²) >= 11 is 0. The van der Waals surface area contributed by atoms with E-state index < -0.39 is 10.0 Å². The molecule has 1 unspecified atom stereocenters. The van der Waals surface area contributed by atoms with Crippen LogP contribution in [0.3, 0.4) is 0 Å². The van der Waals surface area contributed by atoms with Crippen molar-refractivity contribution in [3.05, 3.63) is 60.2 Å². The van der Waals surface area contributed by atoms with Gasteiger partial charge in [-0.2, -0.15) is 0 Å². The van der Waals surface area contributed by atoms with Gasteiger partial charge in [0.25, 0.3) is 0 Å². The smallest absolute Gasteiger partial charge is 0.240 e. The van der Waals surface area contributed by atoms with Crippen LogP contribution in [0, 0.1) is 5.92 Å². The number of rotatable bonds is 9. The third kappa shape index (κ3) is 6.54. The standard InChI is InChI=1S/C22H30N2O4S/c1-18(2)17-28-20-8-10-21(11-9-20)29(25,26)23-12-13-24-14-15-27-22(16-24)19-6-4-3-5-7-19/h3-11,18,22-23H,12-17H2,1-2H3. The average Bonchev–Trinajstić information content (AvgIpc) is 2.73. The molecule has 1 fully saturated rings. The van der Waals surface area contributed by atoms with E-state index in [4.69, 9.17) is 9.47 Å². The topological polar surface area (TPSA) is 67.9 Å². The molecule has 0 aromatic heterocycles. The Balaban J connectivity index is 1.49. The Morgan fingerprint density at radius 2 is 1.86 bits per heavy atom. The third-order valence-electron chi connectivity index (χ3n) is 4.76.